The lowest BCUT2D eigenvalue weighted by Gasteiger charge is -1.94. The molecule has 4 heteroatoms. The van der Waals surface area contributed by atoms with Gasteiger partial charge in [-0.05, 0) is 12.1 Å². The van der Waals surface area contributed by atoms with Crippen molar-refractivity contribution >= 4 is 10.9 Å². The number of rotatable bonds is 1. The summed E-state index contributed by atoms with van der Waals surface area (Å²) in [5.41, 5.74) is 2.88. The number of hydrogen-bond acceptors (Lipinski definition) is 3. The maximum atomic E-state index is 4.82. The standard InChI is InChI=1S/C11H9N3O/c1-14-7-9-6-8(2-3-10(9)12-14)11-4-5-15-13-11/h2-7H,1H3. The fourth-order valence-electron chi connectivity index (χ4n) is 1.67. The van der Waals surface area contributed by atoms with E-state index in [1.807, 2.05) is 31.4 Å². The van der Waals surface area contributed by atoms with Gasteiger partial charge < -0.3 is 4.52 Å². The molecule has 3 rings (SSSR count). The van der Waals surface area contributed by atoms with E-state index >= 15 is 0 Å². The average Bonchev–Trinajstić information content (AvgIpc) is 2.82. The number of benzene rings is 1. The van der Waals surface area contributed by atoms with Crippen LogP contribution in [0.3, 0.4) is 0 Å². The first kappa shape index (κ1) is 8.23. The Hall–Kier alpha value is -2.10. The molecule has 0 radical (unpaired) electrons. The second-order valence-corrected chi connectivity index (χ2v) is 3.46. The normalized spacial score (nSPS) is 11.0. The zero-order valence-corrected chi connectivity index (χ0v) is 8.21. The lowest BCUT2D eigenvalue weighted by atomic mass is 10.1. The molecule has 0 amide bonds. The van der Waals surface area contributed by atoms with Gasteiger partial charge in [-0.15, -0.1) is 0 Å². The van der Waals surface area contributed by atoms with Gasteiger partial charge in [0.2, 0.25) is 0 Å². The van der Waals surface area contributed by atoms with Crippen molar-refractivity contribution < 1.29 is 4.52 Å². The molecule has 0 unspecified atom stereocenters. The molecule has 0 saturated heterocycles. The number of hydrogen-bond donors (Lipinski definition) is 0. The summed E-state index contributed by atoms with van der Waals surface area (Å²) in [5, 5.41) is 9.32. The molecule has 0 fully saturated rings. The van der Waals surface area contributed by atoms with E-state index in [0.29, 0.717) is 0 Å². The lowest BCUT2D eigenvalue weighted by Crippen LogP contribution is -1.84. The van der Waals surface area contributed by atoms with Crippen molar-refractivity contribution in [1.82, 2.24) is 14.9 Å². The predicted molar refractivity (Wildman–Crippen MR) is 56.2 cm³/mol. The molecule has 3 aromatic rings. The summed E-state index contributed by atoms with van der Waals surface area (Å²) in [6.07, 6.45) is 3.56. The van der Waals surface area contributed by atoms with Crippen LogP contribution in [-0.2, 0) is 7.05 Å². The van der Waals surface area contributed by atoms with Crippen molar-refractivity contribution in [3.8, 4) is 11.3 Å². The van der Waals surface area contributed by atoms with Crippen LogP contribution in [0, 0.1) is 0 Å². The van der Waals surface area contributed by atoms with Crippen molar-refractivity contribution in [1.29, 1.82) is 0 Å². The van der Waals surface area contributed by atoms with Crippen molar-refractivity contribution in [2.24, 2.45) is 7.05 Å². The SMILES string of the molecule is Cn1cc2cc(-c3ccon3)ccc2n1. The molecule has 0 aliphatic rings. The zero-order chi connectivity index (χ0) is 10.3. The molecule has 0 atom stereocenters. The highest BCUT2D eigenvalue weighted by Crippen LogP contribution is 2.21. The summed E-state index contributed by atoms with van der Waals surface area (Å²) in [6, 6.07) is 7.88. The van der Waals surface area contributed by atoms with Gasteiger partial charge in [-0.1, -0.05) is 11.2 Å². The van der Waals surface area contributed by atoms with Crippen LogP contribution in [-0.4, -0.2) is 14.9 Å². The molecular formula is C11H9N3O. The van der Waals surface area contributed by atoms with E-state index in [1.165, 1.54) is 0 Å². The average molecular weight is 199 g/mol. The number of fused-ring (bicyclic) bond motifs is 1. The van der Waals surface area contributed by atoms with Gasteiger partial charge in [0, 0.05) is 30.3 Å². The Bertz CT molecular complexity index is 595. The van der Waals surface area contributed by atoms with E-state index < -0.39 is 0 Å². The Morgan fingerprint density at radius 1 is 1.27 bits per heavy atom. The summed E-state index contributed by atoms with van der Waals surface area (Å²) >= 11 is 0. The highest BCUT2D eigenvalue weighted by molar-refractivity contribution is 5.83. The van der Waals surface area contributed by atoms with E-state index in [9.17, 15) is 0 Å². The molecule has 1 aromatic carbocycles. The van der Waals surface area contributed by atoms with E-state index in [2.05, 4.69) is 16.3 Å². The van der Waals surface area contributed by atoms with Crippen LogP contribution in [0.2, 0.25) is 0 Å². The maximum Gasteiger partial charge on any atom is 0.124 e. The Morgan fingerprint density at radius 3 is 3.00 bits per heavy atom. The van der Waals surface area contributed by atoms with Gasteiger partial charge in [0.25, 0.3) is 0 Å². The topological polar surface area (TPSA) is 43.9 Å². The fourth-order valence-corrected chi connectivity index (χ4v) is 1.67. The minimum Gasteiger partial charge on any atom is -0.364 e. The van der Waals surface area contributed by atoms with Gasteiger partial charge in [-0.2, -0.15) is 5.10 Å². The molecule has 2 heterocycles. The van der Waals surface area contributed by atoms with Crippen molar-refractivity contribution in [2.45, 2.75) is 0 Å². The molecule has 0 aliphatic carbocycles. The van der Waals surface area contributed by atoms with Gasteiger partial charge in [-0.25, -0.2) is 0 Å². The highest BCUT2D eigenvalue weighted by Gasteiger charge is 2.04. The van der Waals surface area contributed by atoms with Gasteiger partial charge >= 0.3 is 0 Å². The van der Waals surface area contributed by atoms with Crippen LogP contribution in [0.5, 0.6) is 0 Å². The summed E-state index contributed by atoms with van der Waals surface area (Å²) in [7, 11) is 1.91. The van der Waals surface area contributed by atoms with Crippen LogP contribution in [0.25, 0.3) is 22.2 Å². The first-order chi connectivity index (χ1) is 7.33. The fraction of sp³-hybridized carbons (Fsp3) is 0.0909. The third-order valence-electron chi connectivity index (χ3n) is 2.35. The number of nitrogens with zero attached hydrogens (tertiary/aromatic N) is 3. The van der Waals surface area contributed by atoms with Crippen LogP contribution < -0.4 is 0 Å². The molecule has 0 saturated carbocycles. The largest absolute Gasteiger partial charge is 0.364 e. The molecule has 0 spiro atoms. The van der Waals surface area contributed by atoms with Crippen molar-refractivity contribution in [2.75, 3.05) is 0 Å². The van der Waals surface area contributed by atoms with E-state index in [-0.39, 0.29) is 0 Å². The third-order valence-corrected chi connectivity index (χ3v) is 2.35. The van der Waals surface area contributed by atoms with Gasteiger partial charge in [0.1, 0.15) is 12.0 Å². The lowest BCUT2D eigenvalue weighted by molar-refractivity contribution is 0.422. The minimum atomic E-state index is 0.848. The van der Waals surface area contributed by atoms with Gasteiger partial charge in [0.05, 0.1) is 5.52 Å². The zero-order valence-electron chi connectivity index (χ0n) is 8.21. The predicted octanol–water partition coefficient (Wildman–Crippen LogP) is 2.23. The maximum absolute atomic E-state index is 4.82. The second-order valence-electron chi connectivity index (χ2n) is 3.46. The molecule has 0 N–H and O–H groups in total. The Balaban J connectivity index is 2.21. The molecule has 74 valence electrons. The monoisotopic (exact) mass is 199 g/mol. The van der Waals surface area contributed by atoms with Crippen LogP contribution in [0.4, 0.5) is 0 Å². The van der Waals surface area contributed by atoms with E-state index in [4.69, 9.17) is 4.52 Å². The summed E-state index contributed by atoms with van der Waals surface area (Å²) in [5.74, 6) is 0. The first-order valence-corrected chi connectivity index (χ1v) is 4.67. The summed E-state index contributed by atoms with van der Waals surface area (Å²) in [6.45, 7) is 0. The summed E-state index contributed by atoms with van der Waals surface area (Å²) < 4.78 is 6.62. The van der Waals surface area contributed by atoms with Crippen molar-refractivity contribution in [3.63, 3.8) is 0 Å². The molecule has 0 aliphatic heterocycles. The molecular weight excluding hydrogens is 190 g/mol. The van der Waals surface area contributed by atoms with E-state index in [1.54, 1.807) is 10.9 Å². The molecule has 2 aromatic heterocycles. The Morgan fingerprint density at radius 2 is 2.20 bits per heavy atom. The minimum absolute atomic E-state index is 0.848. The molecule has 15 heavy (non-hydrogen) atoms. The number of aryl methyl sites for hydroxylation is 1. The van der Waals surface area contributed by atoms with Crippen LogP contribution in [0.15, 0.2) is 41.2 Å². The Labute approximate surface area is 86.1 Å². The quantitative estimate of drug-likeness (QED) is 0.603. The van der Waals surface area contributed by atoms with E-state index in [0.717, 1.165) is 22.2 Å². The third kappa shape index (κ3) is 1.30. The molecule has 0 bridgehead atoms. The highest BCUT2D eigenvalue weighted by atomic mass is 16.5. The summed E-state index contributed by atoms with van der Waals surface area (Å²) in [4.78, 5) is 0. The van der Waals surface area contributed by atoms with Crippen LogP contribution in [0.1, 0.15) is 0 Å². The van der Waals surface area contributed by atoms with Gasteiger partial charge in [-0.3, -0.25) is 4.68 Å². The smallest absolute Gasteiger partial charge is 0.124 e. The van der Waals surface area contributed by atoms with Crippen molar-refractivity contribution in [3.05, 3.63) is 36.7 Å². The molecule has 4 nitrogen and oxygen atoms in total. The van der Waals surface area contributed by atoms with Gasteiger partial charge in [0.15, 0.2) is 0 Å². The first-order valence-electron chi connectivity index (χ1n) is 4.67. The number of aromatic nitrogens is 3. The van der Waals surface area contributed by atoms with Crippen LogP contribution >= 0.6 is 0 Å². The second kappa shape index (κ2) is 2.95. The Kier molecular flexibility index (Phi) is 1.62.